The van der Waals surface area contributed by atoms with E-state index in [1.54, 1.807) is 24.3 Å². The lowest BCUT2D eigenvalue weighted by Gasteiger charge is -2.36. The number of benzene rings is 1. The summed E-state index contributed by atoms with van der Waals surface area (Å²) in [5.41, 5.74) is 0.400. The first kappa shape index (κ1) is 16.7. The Morgan fingerprint density at radius 1 is 1.18 bits per heavy atom. The lowest BCUT2D eigenvalue weighted by atomic mass is 9.68. The van der Waals surface area contributed by atoms with Crippen molar-refractivity contribution in [2.24, 2.45) is 11.3 Å². The molecule has 0 aromatic heterocycles. The molecule has 1 atom stereocenters. The van der Waals surface area contributed by atoms with Crippen molar-refractivity contribution >= 4 is 29.1 Å². The van der Waals surface area contributed by atoms with Gasteiger partial charge in [-0.3, -0.25) is 14.4 Å². The molecule has 1 N–H and O–H groups in total. The molecule has 22 heavy (non-hydrogen) atoms. The van der Waals surface area contributed by atoms with Crippen LogP contribution in [0.1, 0.15) is 45.2 Å². The van der Waals surface area contributed by atoms with Gasteiger partial charge in [-0.25, -0.2) is 0 Å². The van der Waals surface area contributed by atoms with Crippen LogP contribution >= 0.6 is 11.6 Å². The predicted molar refractivity (Wildman–Crippen MR) is 84.5 cm³/mol. The highest BCUT2D eigenvalue weighted by Crippen LogP contribution is 2.38. The molecule has 5 heteroatoms. The van der Waals surface area contributed by atoms with E-state index in [1.165, 1.54) is 6.92 Å². The molecule has 0 spiro atoms. The third-order valence-corrected chi connectivity index (χ3v) is 4.17. The number of hydrogen-bond acceptors (Lipinski definition) is 3. The number of halogens is 1. The normalized spacial score (nSPS) is 19.8. The second-order valence-electron chi connectivity index (χ2n) is 6.66. The molecule has 1 amide bonds. The van der Waals surface area contributed by atoms with Crippen LogP contribution in [0.2, 0.25) is 5.02 Å². The van der Waals surface area contributed by atoms with E-state index in [-0.39, 0.29) is 22.9 Å². The SMILES string of the molecule is CC(=O)NC(c1ccc(Cl)cc1)C1C(=O)CC(C)(C)CC1=O. The molecule has 0 aliphatic heterocycles. The van der Waals surface area contributed by atoms with Crippen LogP contribution in [0.15, 0.2) is 24.3 Å². The number of nitrogens with one attached hydrogen (secondary N) is 1. The van der Waals surface area contributed by atoms with Crippen molar-refractivity contribution in [2.75, 3.05) is 0 Å². The molecule has 118 valence electrons. The zero-order valence-corrected chi connectivity index (χ0v) is 13.7. The number of carbonyl (C=O) groups excluding carboxylic acids is 3. The fraction of sp³-hybridized carbons (Fsp3) is 0.471. The fourth-order valence-corrected chi connectivity index (χ4v) is 3.15. The number of Topliss-reactive ketones (excluding diaryl/α,β-unsaturated/α-hetero) is 2. The van der Waals surface area contributed by atoms with Gasteiger partial charge in [0.2, 0.25) is 5.91 Å². The van der Waals surface area contributed by atoms with Gasteiger partial charge in [0.25, 0.3) is 0 Å². The monoisotopic (exact) mass is 321 g/mol. The van der Waals surface area contributed by atoms with Gasteiger partial charge in [-0.2, -0.15) is 0 Å². The van der Waals surface area contributed by atoms with E-state index >= 15 is 0 Å². The molecule has 1 saturated carbocycles. The van der Waals surface area contributed by atoms with E-state index < -0.39 is 12.0 Å². The quantitative estimate of drug-likeness (QED) is 0.870. The Kier molecular flexibility index (Phi) is 4.71. The maximum Gasteiger partial charge on any atom is 0.217 e. The van der Waals surface area contributed by atoms with Crippen molar-refractivity contribution in [2.45, 2.75) is 39.7 Å². The van der Waals surface area contributed by atoms with Crippen LogP contribution in [-0.2, 0) is 14.4 Å². The zero-order valence-electron chi connectivity index (χ0n) is 13.0. The van der Waals surface area contributed by atoms with E-state index in [0.29, 0.717) is 23.4 Å². The Bertz CT molecular complexity index is 587. The Morgan fingerprint density at radius 3 is 2.14 bits per heavy atom. The molecule has 1 aromatic carbocycles. The largest absolute Gasteiger partial charge is 0.348 e. The van der Waals surface area contributed by atoms with Crippen LogP contribution in [0, 0.1) is 11.3 Å². The number of carbonyl (C=O) groups is 3. The molecule has 1 aromatic rings. The number of amides is 1. The van der Waals surface area contributed by atoms with Gasteiger partial charge in [-0.15, -0.1) is 0 Å². The lowest BCUT2D eigenvalue weighted by molar-refractivity contribution is -0.141. The average molecular weight is 322 g/mol. The van der Waals surface area contributed by atoms with Gasteiger partial charge in [-0.05, 0) is 23.1 Å². The van der Waals surface area contributed by atoms with E-state index in [9.17, 15) is 14.4 Å². The van der Waals surface area contributed by atoms with Gasteiger partial charge in [0.15, 0.2) is 0 Å². The molecule has 2 rings (SSSR count). The second-order valence-corrected chi connectivity index (χ2v) is 7.09. The lowest BCUT2D eigenvalue weighted by Crippen LogP contribution is -2.45. The molecule has 0 bridgehead atoms. The van der Waals surface area contributed by atoms with Crippen molar-refractivity contribution < 1.29 is 14.4 Å². The summed E-state index contributed by atoms with van der Waals surface area (Å²) in [7, 11) is 0. The van der Waals surface area contributed by atoms with Crippen molar-refractivity contribution in [3.63, 3.8) is 0 Å². The van der Waals surface area contributed by atoms with E-state index in [1.807, 2.05) is 13.8 Å². The summed E-state index contributed by atoms with van der Waals surface area (Å²) < 4.78 is 0. The molecule has 0 radical (unpaired) electrons. The molecular weight excluding hydrogens is 302 g/mol. The molecule has 1 aliphatic rings. The first-order valence-corrected chi connectivity index (χ1v) is 7.65. The summed E-state index contributed by atoms with van der Waals surface area (Å²) in [6.45, 7) is 5.20. The summed E-state index contributed by atoms with van der Waals surface area (Å²) in [5, 5.41) is 3.31. The Hall–Kier alpha value is -1.68. The minimum Gasteiger partial charge on any atom is -0.348 e. The highest BCUT2D eigenvalue weighted by molar-refractivity contribution is 6.30. The van der Waals surface area contributed by atoms with Crippen LogP contribution in [0.4, 0.5) is 0 Å². The topological polar surface area (TPSA) is 63.2 Å². The maximum atomic E-state index is 12.5. The number of rotatable bonds is 3. The minimum atomic E-state index is -0.821. The Balaban J connectivity index is 2.37. The summed E-state index contributed by atoms with van der Waals surface area (Å²) in [5.74, 6) is -1.33. The van der Waals surface area contributed by atoms with E-state index in [2.05, 4.69) is 5.32 Å². The summed E-state index contributed by atoms with van der Waals surface area (Å²) in [6, 6.07) is 6.22. The van der Waals surface area contributed by atoms with Gasteiger partial charge in [0, 0.05) is 24.8 Å². The molecule has 1 fully saturated rings. The molecular formula is C17H20ClNO3. The van der Waals surface area contributed by atoms with Crippen LogP contribution in [0.25, 0.3) is 0 Å². The van der Waals surface area contributed by atoms with Gasteiger partial charge < -0.3 is 5.32 Å². The Labute approximate surface area is 135 Å². The summed E-state index contributed by atoms with van der Waals surface area (Å²) in [6.07, 6.45) is 0.681. The van der Waals surface area contributed by atoms with Crippen LogP contribution < -0.4 is 5.32 Å². The van der Waals surface area contributed by atoms with E-state index in [4.69, 9.17) is 11.6 Å². The van der Waals surface area contributed by atoms with Crippen molar-refractivity contribution in [1.29, 1.82) is 0 Å². The van der Waals surface area contributed by atoms with Crippen molar-refractivity contribution in [3.05, 3.63) is 34.9 Å². The van der Waals surface area contributed by atoms with Crippen molar-refractivity contribution in [3.8, 4) is 0 Å². The first-order chi connectivity index (χ1) is 10.2. The highest BCUT2D eigenvalue weighted by Gasteiger charge is 2.44. The van der Waals surface area contributed by atoms with Gasteiger partial charge in [0.1, 0.15) is 17.5 Å². The summed E-state index contributed by atoms with van der Waals surface area (Å²) >= 11 is 5.88. The summed E-state index contributed by atoms with van der Waals surface area (Å²) in [4.78, 5) is 36.5. The third kappa shape index (κ3) is 3.74. The van der Waals surface area contributed by atoms with Gasteiger partial charge in [0.05, 0.1) is 6.04 Å². The zero-order chi connectivity index (χ0) is 16.5. The van der Waals surface area contributed by atoms with Gasteiger partial charge in [-0.1, -0.05) is 37.6 Å². The standard InChI is InChI=1S/C17H20ClNO3/c1-10(20)19-16(11-4-6-12(18)7-5-11)15-13(21)8-17(2,3)9-14(15)22/h4-7,15-16H,8-9H2,1-3H3,(H,19,20). The fourth-order valence-electron chi connectivity index (χ4n) is 3.03. The van der Waals surface area contributed by atoms with Gasteiger partial charge >= 0.3 is 0 Å². The van der Waals surface area contributed by atoms with Crippen LogP contribution in [0.3, 0.4) is 0 Å². The molecule has 1 unspecified atom stereocenters. The molecule has 4 nitrogen and oxygen atoms in total. The average Bonchev–Trinajstić information content (AvgIpc) is 2.35. The highest BCUT2D eigenvalue weighted by atomic mass is 35.5. The number of hydrogen-bond donors (Lipinski definition) is 1. The minimum absolute atomic E-state index is 0.116. The Morgan fingerprint density at radius 2 is 1.68 bits per heavy atom. The third-order valence-electron chi connectivity index (χ3n) is 3.92. The number of ketones is 2. The smallest absolute Gasteiger partial charge is 0.217 e. The second kappa shape index (κ2) is 6.21. The first-order valence-electron chi connectivity index (χ1n) is 7.27. The van der Waals surface area contributed by atoms with Crippen LogP contribution in [-0.4, -0.2) is 17.5 Å². The van der Waals surface area contributed by atoms with E-state index in [0.717, 1.165) is 0 Å². The van der Waals surface area contributed by atoms with Crippen molar-refractivity contribution in [1.82, 2.24) is 5.32 Å². The molecule has 1 aliphatic carbocycles. The van der Waals surface area contributed by atoms with Crippen LogP contribution in [0.5, 0.6) is 0 Å². The predicted octanol–water partition coefficient (Wildman–Crippen LogP) is 3.09. The molecule has 0 heterocycles. The molecule has 0 saturated heterocycles. The maximum absolute atomic E-state index is 12.5.